The van der Waals surface area contributed by atoms with Gasteiger partial charge < -0.3 is 15.4 Å². The molecule has 0 spiro atoms. The van der Waals surface area contributed by atoms with Crippen LogP contribution in [-0.4, -0.2) is 28.1 Å². The van der Waals surface area contributed by atoms with Crippen LogP contribution in [-0.2, 0) is 0 Å². The Balaban J connectivity index is 0.000000970. The Morgan fingerprint density at radius 2 is 1.41 bits per heavy atom. The lowest BCUT2D eigenvalue weighted by Gasteiger charge is -2.06. The average molecular weight is 408 g/mol. The molecule has 4 aromatic rings. The van der Waals surface area contributed by atoms with Crippen LogP contribution in [0.4, 0.5) is 5.69 Å². The first-order valence-electron chi connectivity index (χ1n) is 8.81. The van der Waals surface area contributed by atoms with Crippen molar-refractivity contribution in [3.05, 3.63) is 96.7 Å². The Kier molecular flexibility index (Phi) is 8.15. The minimum atomic E-state index is -0.119. The maximum Gasteiger partial charge on any atom is 0.255 e. The van der Waals surface area contributed by atoms with Crippen molar-refractivity contribution in [3.63, 3.8) is 0 Å². The fourth-order valence-electron chi connectivity index (χ4n) is 2.74. The fourth-order valence-corrected chi connectivity index (χ4v) is 2.74. The van der Waals surface area contributed by atoms with E-state index >= 15 is 0 Å². The van der Waals surface area contributed by atoms with Crippen molar-refractivity contribution in [3.8, 4) is 22.6 Å². The molecule has 0 radical (unpaired) electrons. The van der Waals surface area contributed by atoms with Gasteiger partial charge in [0, 0.05) is 23.9 Å². The van der Waals surface area contributed by atoms with Crippen molar-refractivity contribution in [2.45, 2.75) is 0 Å². The number of carbonyl (C=O) groups is 1. The molecule has 3 N–H and O–H groups in total. The maximum absolute atomic E-state index is 12.2. The zero-order chi connectivity index (χ0) is 19.8. The number of aromatic nitrogens is 2. The lowest BCUT2D eigenvalue weighted by atomic mass is 10.1. The number of aliphatic hydroxyl groups excluding tert-OH is 1. The lowest BCUT2D eigenvalue weighted by Crippen LogP contribution is -2.11. The smallest absolute Gasteiger partial charge is 0.255 e. The highest BCUT2D eigenvalue weighted by Gasteiger charge is 2.07. The molecule has 0 saturated heterocycles. The van der Waals surface area contributed by atoms with Gasteiger partial charge in [0.2, 0.25) is 0 Å². The summed E-state index contributed by atoms with van der Waals surface area (Å²) in [6.45, 7) is 0. The van der Waals surface area contributed by atoms with Gasteiger partial charge in [-0.2, -0.15) is 0 Å². The van der Waals surface area contributed by atoms with E-state index in [1.54, 1.807) is 12.1 Å². The van der Waals surface area contributed by atoms with Crippen molar-refractivity contribution in [1.29, 1.82) is 0 Å². The number of hydrogen-bond donors (Lipinski definition) is 3. The van der Waals surface area contributed by atoms with Gasteiger partial charge >= 0.3 is 0 Å². The lowest BCUT2D eigenvalue weighted by molar-refractivity contribution is 0.102. The quantitative estimate of drug-likeness (QED) is 0.444. The Morgan fingerprint density at radius 1 is 0.828 bits per heavy atom. The molecule has 1 aromatic heterocycles. The maximum atomic E-state index is 12.2. The highest BCUT2D eigenvalue weighted by molar-refractivity contribution is 6.04. The molecule has 0 unspecified atom stereocenters. The predicted octanol–water partition coefficient (Wildman–Crippen LogP) is 5.03. The summed E-state index contributed by atoms with van der Waals surface area (Å²) >= 11 is 0. The number of halogens is 1. The number of imidazole rings is 1. The highest BCUT2D eigenvalue weighted by Crippen LogP contribution is 2.23. The molecule has 0 aliphatic rings. The molecule has 1 amide bonds. The number of rotatable bonds is 4. The Hall–Kier alpha value is -3.41. The Labute approximate surface area is 175 Å². The van der Waals surface area contributed by atoms with Gasteiger partial charge in [0.05, 0.1) is 11.9 Å². The largest absolute Gasteiger partial charge is 0.400 e. The summed E-state index contributed by atoms with van der Waals surface area (Å²) in [7, 11) is 1.00. The summed E-state index contributed by atoms with van der Waals surface area (Å²) in [5.41, 5.74) is 4.38. The number of aromatic amines is 1. The first kappa shape index (κ1) is 21.9. The van der Waals surface area contributed by atoms with E-state index in [2.05, 4.69) is 15.3 Å². The van der Waals surface area contributed by atoms with Crippen LogP contribution in [0.5, 0.6) is 0 Å². The van der Waals surface area contributed by atoms with Gasteiger partial charge in [0.25, 0.3) is 5.91 Å². The predicted molar refractivity (Wildman–Crippen MR) is 119 cm³/mol. The van der Waals surface area contributed by atoms with Gasteiger partial charge in [0.15, 0.2) is 0 Å². The van der Waals surface area contributed by atoms with Crippen LogP contribution in [0.15, 0.2) is 91.1 Å². The van der Waals surface area contributed by atoms with E-state index in [4.69, 9.17) is 5.11 Å². The number of nitrogens with zero attached hydrogens (tertiary/aromatic N) is 1. The summed E-state index contributed by atoms with van der Waals surface area (Å²) in [5, 5.41) is 9.90. The Bertz CT molecular complexity index is 1020. The second-order valence-electron chi connectivity index (χ2n) is 5.91. The molecule has 1 heterocycles. The number of amides is 1. The van der Waals surface area contributed by atoms with E-state index < -0.39 is 0 Å². The van der Waals surface area contributed by atoms with Gasteiger partial charge in [-0.15, -0.1) is 12.4 Å². The molecule has 148 valence electrons. The van der Waals surface area contributed by atoms with Crippen molar-refractivity contribution in [2.75, 3.05) is 12.4 Å². The molecule has 4 rings (SSSR count). The summed E-state index contributed by atoms with van der Waals surface area (Å²) in [6.07, 6.45) is 1.82. The second-order valence-corrected chi connectivity index (χ2v) is 5.91. The normalized spacial score (nSPS) is 9.59. The van der Waals surface area contributed by atoms with E-state index in [9.17, 15) is 4.79 Å². The van der Waals surface area contributed by atoms with E-state index in [-0.39, 0.29) is 18.3 Å². The van der Waals surface area contributed by atoms with Gasteiger partial charge in [-0.3, -0.25) is 4.79 Å². The number of H-pyrrole nitrogens is 1. The van der Waals surface area contributed by atoms with Crippen LogP contribution in [0.25, 0.3) is 22.6 Å². The van der Waals surface area contributed by atoms with Gasteiger partial charge in [-0.05, 0) is 29.8 Å². The van der Waals surface area contributed by atoms with Crippen LogP contribution in [0, 0.1) is 0 Å². The van der Waals surface area contributed by atoms with E-state index in [0.29, 0.717) is 5.56 Å². The molecule has 0 saturated carbocycles. The molecular weight excluding hydrogens is 386 g/mol. The van der Waals surface area contributed by atoms with Crippen LogP contribution in [0.2, 0.25) is 0 Å². The zero-order valence-electron chi connectivity index (χ0n) is 15.9. The molecule has 0 fully saturated rings. The zero-order valence-corrected chi connectivity index (χ0v) is 16.7. The number of carbonyl (C=O) groups excluding carboxylic acids is 1. The molecular formula is C23H22ClN3O2. The first-order valence-corrected chi connectivity index (χ1v) is 8.81. The van der Waals surface area contributed by atoms with Crippen LogP contribution in [0.3, 0.4) is 0 Å². The summed E-state index contributed by atoms with van der Waals surface area (Å²) in [5.74, 6) is 0.716. The molecule has 0 aliphatic heterocycles. The topological polar surface area (TPSA) is 78.0 Å². The Morgan fingerprint density at radius 3 is 2.03 bits per heavy atom. The highest BCUT2D eigenvalue weighted by atomic mass is 35.5. The molecule has 0 atom stereocenters. The van der Waals surface area contributed by atoms with Crippen molar-refractivity contribution >= 4 is 24.0 Å². The third kappa shape index (κ3) is 5.54. The molecule has 3 aromatic carbocycles. The van der Waals surface area contributed by atoms with Crippen molar-refractivity contribution in [1.82, 2.24) is 9.97 Å². The van der Waals surface area contributed by atoms with Crippen LogP contribution < -0.4 is 5.32 Å². The minimum absolute atomic E-state index is 0. The summed E-state index contributed by atoms with van der Waals surface area (Å²) in [4.78, 5) is 20.0. The number of anilines is 1. The number of aliphatic hydroxyl groups is 1. The average Bonchev–Trinajstić information content (AvgIpc) is 3.27. The van der Waals surface area contributed by atoms with E-state index in [1.807, 2.05) is 79.0 Å². The number of benzene rings is 3. The van der Waals surface area contributed by atoms with E-state index in [0.717, 1.165) is 35.4 Å². The third-order valence-electron chi connectivity index (χ3n) is 4.11. The standard InChI is InChI=1S/C22H17N3O.CH4O.ClH/c26-22(18-9-5-2-6-10-18)24-19-13-11-16(12-14-19)20-15-23-21(25-20)17-7-3-1-4-8-17;1-2;/h1-15H,(H,23,25)(H,24,26);2H,1H3;1H. The summed E-state index contributed by atoms with van der Waals surface area (Å²) in [6, 6.07) is 26.9. The minimum Gasteiger partial charge on any atom is -0.400 e. The monoisotopic (exact) mass is 407 g/mol. The number of nitrogens with one attached hydrogen (secondary N) is 2. The fraction of sp³-hybridized carbons (Fsp3) is 0.0435. The molecule has 29 heavy (non-hydrogen) atoms. The second kappa shape index (κ2) is 10.8. The third-order valence-corrected chi connectivity index (χ3v) is 4.11. The molecule has 0 aliphatic carbocycles. The van der Waals surface area contributed by atoms with Crippen LogP contribution in [0.1, 0.15) is 10.4 Å². The van der Waals surface area contributed by atoms with Gasteiger partial charge in [-0.1, -0.05) is 60.7 Å². The van der Waals surface area contributed by atoms with Gasteiger partial charge in [-0.25, -0.2) is 4.98 Å². The molecule has 0 bridgehead atoms. The first-order chi connectivity index (χ1) is 13.8. The van der Waals surface area contributed by atoms with E-state index in [1.165, 1.54) is 0 Å². The summed E-state index contributed by atoms with van der Waals surface area (Å²) < 4.78 is 0. The van der Waals surface area contributed by atoms with Crippen LogP contribution >= 0.6 is 12.4 Å². The molecule has 6 heteroatoms. The number of hydrogen-bond acceptors (Lipinski definition) is 3. The van der Waals surface area contributed by atoms with Gasteiger partial charge in [0.1, 0.15) is 5.82 Å². The SMILES string of the molecule is CO.Cl.O=C(Nc1ccc(-c2cnc(-c3ccccc3)[nH]2)cc1)c1ccccc1. The molecule has 5 nitrogen and oxygen atoms in total. The van der Waals surface area contributed by atoms with Crippen molar-refractivity contribution in [2.24, 2.45) is 0 Å². The van der Waals surface area contributed by atoms with Crippen molar-refractivity contribution < 1.29 is 9.90 Å².